The van der Waals surface area contributed by atoms with E-state index in [1.807, 2.05) is 20.5 Å². The van der Waals surface area contributed by atoms with E-state index < -0.39 is 0 Å². The second-order valence-corrected chi connectivity index (χ2v) is 5.09. The van der Waals surface area contributed by atoms with Gasteiger partial charge in [-0.3, -0.25) is 0 Å². The van der Waals surface area contributed by atoms with Gasteiger partial charge in [0.2, 0.25) is 0 Å². The summed E-state index contributed by atoms with van der Waals surface area (Å²) in [7, 11) is 1.72. The van der Waals surface area contributed by atoms with Gasteiger partial charge >= 0.3 is 0 Å². The van der Waals surface area contributed by atoms with Crippen molar-refractivity contribution in [1.82, 2.24) is 4.98 Å². The number of aryl methyl sites for hydroxylation is 2. The monoisotopic (exact) mass is 293 g/mol. The first-order valence-corrected chi connectivity index (χ1v) is 6.62. The van der Waals surface area contributed by atoms with Crippen LogP contribution in [0.2, 0.25) is 0 Å². The van der Waals surface area contributed by atoms with Gasteiger partial charge < -0.3 is 14.3 Å². The summed E-state index contributed by atoms with van der Waals surface area (Å²) in [6, 6.07) is 8.45. The molecule has 0 aliphatic carbocycles. The number of ether oxygens (including phenoxy) is 1. The highest BCUT2D eigenvalue weighted by atomic mass is 32.1. The fourth-order valence-corrected chi connectivity index (χ4v) is 2.57. The summed E-state index contributed by atoms with van der Waals surface area (Å²) in [6.07, 6.45) is 0. The van der Waals surface area contributed by atoms with Crippen molar-refractivity contribution in [1.29, 1.82) is 0 Å². The van der Waals surface area contributed by atoms with E-state index in [2.05, 4.69) is 36.2 Å². The molecule has 1 aromatic carbocycles. The molecule has 1 heterocycles. The molecule has 4 nitrogen and oxygen atoms in total. The molecule has 0 radical (unpaired) electrons. The number of methoxy groups -OCH3 is 1. The molecule has 0 unspecified atom stereocenters. The van der Waals surface area contributed by atoms with Crippen LogP contribution in [0, 0.1) is 13.8 Å². The Morgan fingerprint density at radius 1 is 1.10 bits per heavy atom. The van der Waals surface area contributed by atoms with Gasteiger partial charge in [-0.15, -0.1) is 11.3 Å². The van der Waals surface area contributed by atoms with E-state index >= 15 is 0 Å². The molecule has 0 saturated heterocycles. The molecular formula is C15H19NO3S. The molecular weight excluding hydrogens is 274 g/mol. The van der Waals surface area contributed by atoms with Crippen LogP contribution in [0.4, 0.5) is 0 Å². The van der Waals surface area contributed by atoms with Gasteiger partial charge in [-0.25, -0.2) is 4.98 Å². The normalized spacial score (nSPS) is 8.95. The summed E-state index contributed by atoms with van der Waals surface area (Å²) in [4.78, 5) is 21.8. The third-order valence-electron chi connectivity index (χ3n) is 2.40. The number of rotatable bonds is 3. The largest absolute Gasteiger partial charge is 0.379 e. The van der Waals surface area contributed by atoms with E-state index in [1.54, 1.807) is 18.4 Å². The maximum absolute atomic E-state index is 8.00. The lowest BCUT2D eigenvalue weighted by atomic mass is 10.1. The third kappa shape index (κ3) is 5.03. The van der Waals surface area contributed by atoms with Crippen LogP contribution in [0.25, 0.3) is 11.3 Å². The smallest absolute Gasteiger partial charge is 0.106 e. The van der Waals surface area contributed by atoms with E-state index in [4.69, 9.17) is 14.3 Å². The zero-order valence-corrected chi connectivity index (χ0v) is 12.8. The van der Waals surface area contributed by atoms with Crippen LogP contribution < -0.4 is 0 Å². The third-order valence-corrected chi connectivity index (χ3v) is 3.35. The second-order valence-electron chi connectivity index (χ2n) is 3.80. The Balaban J connectivity index is 0.000000829. The van der Waals surface area contributed by atoms with Crippen LogP contribution in [0.1, 0.15) is 15.4 Å². The zero-order valence-electron chi connectivity index (χ0n) is 12.0. The van der Waals surface area contributed by atoms with Crippen molar-refractivity contribution < 1.29 is 14.3 Å². The second kappa shape index (κ2) is 10.00. The Labute approximate surface area is 123 Å². The number of hydrogen-bond acceptors (Lipinski definition) is 5. The number of carbonyl (C=O) groups is 2. The molecule has 0 amide bonds. The highest BCUT2D eigenvalue weighted by Gasteiger charge is 2.10. The molecule has 0 N–H and O–H groups in total. The fourth-order valence-electron chi connectivity index (χ4n) is 1.64. The Hall–Kier alpha value is -1.85. The van der Waals surface area contributed by atoms with Gasteiger partial charge in [-0.05, 0) is 13.8 Å². The summed E-state index contributed by atoms with van der Waals surface area (Å²) in [5, 5.41) is 1.09. The van der Waals surface area contributed by atoms with Crippen molar-refractivity contribution in [3.63, 3.8) is 0 Å². The Bertz CT molecular complexity index is 506. The van der Waals surface area contributed by atoms with Gasteiger partial charge in [0.25, 0.3) is 0 Å². The molecule has 20 heavy (non-hydrogen) atoms. The number of carbonyl (C=O) groups excluding carboxylic acids is 2. The summed E-state index contributed by atoms with van der Waals surface area (Å²) in [5.74, 6) is 0. The number of thiazole rings is 1. The molecule has 2 aromatic rings. The highest BCUT2D eigenvalue weighted by Crippen LogP contribution is 2.28. The van der Waals surface area contributed by atoms with E-state index in [1.165, 1.54) is 16.0 Å². The Kier molecular flexibility index (Phi) is 9.07. The van der Waals surface area contributed by atoms with Gasteiger partial charge in [0.1, 0.15) is 13.6 Å². The number of aromatic nitrogens is 1. The summed E-state index contributed by atoms with van der Waals surface area (Å²) >= 11 is 1.70. The molecule has 1 aromatic heterocycles. The maximum atomic E-state index is 8.00. The predicted octanol–water partition coefficient (Wildman–Crippen LogP) is 3.20. The average Bonchev–Trinajstić information content (AvgIpc) is 2.85. The molecule has 0 bridgehead atoms. The lowest BCUT2D eigenvalue weighted by Gasteiger charge is -2.01. The maximum Gasteiger partial charge on any atom is 0.106 e. The van der Waals surface area contributed by atoms with Crippen LogP contribution in [-0.4, -0.2) is 25.7 Å². The molecule has 0 spiro atoms. The molecule has 2 rings (SSSR count). The molecule has 108 valence electrons. The van der Waals surface area contributed by atoms with Gasteiger partial charge in [-0.1, -0.05) is 29.8 Å². The standard InChI is InChI=1S/C13H15NOS.2CH2O/c1-9-4-6-11(7-5-9)13-12(8-15-3)16-10(2)14-13;2*1-2/h4-7H,8H2,1-3H3;2*1H2. The zero-order chi connectivity index (χ0) is 15.5. The van der Waals surface area contributed by atoms with Crippen LogP contribution in [0.15, 0.2) is 24.3 Å². The highest BCUT2D eigenvalue weighted by molar-refractivity contribution is 7.12. The van der Waals surface area contributed by atoms with Crippen LogP contribution >= 0.6 is 11.3 Å². The summed E-state index contributed by atoms with van der Waals surface area (Å²) in [6.45, 7) is 8.75. The molecule has 0 aliphatic rings. The molecule has 0 saturated carbocycles. The molecule has 0 atom stereocenters. The lowest BCUT2D eigenvalue weighted by Crippen LogP contribution is -1.88. The Morgan fingerprint density at radius 2 is 1.65 bits per heavy atom. The van der Waals surface area contributed by atoms with Crippen molar-refractivity contribution in [2.45, 2.75) is 20.5 Å². The van der Waals surface area contributed by atoms with Crippen molar-refractivity contribution in [2.75, 3.05) is 7.11 Å². The first kappa shape index (κ1) is 18.1. The Morgan fingerprint density at radius 3 is 2.15 bits per heavy atom. The SMILES string of the molecule is C=O.C=O.COCc1sc(C)nc1-c1ccc(C)cc1. The summed E-state index contributed by atoms with van der Waals surface area (Å²) < 4.78 is 5.20. The van der Waals surface area contributed by atoms with Crippen molar-refractivity contribution in [3.8, 4) is 11.3 Å². The number of nitrogens with zero attached hydrogens (tertiary/aromatic N) is 1. The first-order valence-electron chi connectivity index (χ1n) is 5.80. The predicted molar refractivity (Wildman–Crippen MR) is 82.0 cm³/mol. The minimum Gasteiger partial charge on any atom is -0.379 e. The van der Waals surface area contributed by atoms with Crippen molar-refractivity contribution in [2.24, 2.45) is 0 Å². The van der Waals surface area contributed by atoms with E-state index in [9.17, 15) is 0 Å². The lowest BCUT2D eigenvalue weighted by molar-refractivity contribution is -0.0987. The minimum absolute atomic E-state index is 0.634. The quantitative estimate of drug-likeness (QED) is 0.872. The van der Waals surface area contributed by atoms with Crippen molar-refractivity contribution >= 4 is 24.9 Å². The molecule has 0 fully saturated rings. The fraction of sp³-hybridized carbons (Fsp3) is 0.267. The first-order chi connectivity index (χ1) is 9.70. The molecule has 5 heteroatoms. The van der Waals surface area contributed by atoms with Gasteiger partial charge in [0, 0.05) is 12.7 Å². The van der Waals surface area contributed by atoms with Gasteiger partial charge in [0.15, 0.2) is 0 Å². The average molecular weight is 293 g/mol. The topological polar surface area (TPSA) is 56.3 Å². The minimum atomic E-state index is 0.634. The van der Waals surface area contributed by atoms with Crippen LogP contribution in [-0.2, 0) is 20.9 Å². The number of benzene rings is 1. The molecule has 0 aliphatic heterocycles. The van der Waals surface area contributed by atoms with Crippen molar-refractivity contribution in [3.05, 3.63) is 39.7 Å². The van der Waals surface area contributed by atoms with Crippen LogP contribution in [0.5, 0.6) is 0 Å². The summed E-state index contributed by atoms with van der Waals surface area (Å²) in [5.41, 5.74) is 3.50. The number of hydrogen-bond donors (Lipinski definition) is 0. The van der Waals surface area contributed by atoms with E-state index in [-0.39, 0.29) is 0 Å². The van der Waals surface area contributed by atoms with Crippen LogP contribution in [0.3, 0.4) is 0 Å². The van der Waals surface area contributed by atoms with Gasteiger partial charge in [0.05, 0.1) is 22.2 Å². The van der Waals surface area contributed by atoms with Gasteiger partial charge in [-0.2, -0.15) is 0 Å². The van der Waals surface area contributed by atoms with E-state index in [0.29, 0.717) is 6.61 Å². The van der Waals surface area contributed by atoms with E-state index in [0.717, 1.165) is 10.7 Å².